The van der Waals surface area contributed by atoms with Gasteiger partial charge in [0.15, 0.2) is 5.69 Å². The molecule has 0 radical (unpaired) electrons. The molecule has 2 aromatic rings. The Hall–Kier alpha value is -2.67. The third-order valence-electron chi connectivity index (χ3n) is 3.34. The summed E-state index contributed by atoms with van der Waals surface area (Å²) in [5.41, 5.74) is 8.05. The van der Waals surface area contributed by atoms with E-state index in [1.54, 1.807) is 24.3 Å². The van der Waals surface area contributed by atoms with Crippen LogP contribution < -0.4 is 11.1 Å². The average molecular weight is 286 g/mol. The summed E-state index contributed by atoms with van der Waals surface area (Å²) in [5.74, 6) is -1.11. The molecular weight excluding hydrogens is 272 g/mol. The number of nitrogens with two attached hydrogens (primary N) is 1. The highest BCUT2D eigenvalue weighted by molar-refractivity contribution is 6.12. The van der Waals surface area contributed by atoms with E-state index in [2.05, 4.69) is 15.5 Å². The maximum Gasteiger partial charge on any atom is 0.278 e. The summed E-state index contributed by atoms with van der Waals surface area (Å²) < 4.78 is 5.31. The fourth-order valence-corrected chi connectivity index (χ4v) is 2.23. The van der Waals surface area contributed by atoms with Crippen LogP contribution in [0.1, 0.15) is 32.1 Å². The number of carbonyl (C=O) groups excluding carboxylic acids is 2. The van der Waals surface area contributed by atoms with Crippen LogP contribution in [0.3, 0.4) is 0 Å². The topological polar surface area (TPSA) is 110 Å². The number of nitrogens with zero attached hydrogens (tertiary/aromatic N) is 1. The third kappa shape index (κ3) is 2.50. The number of H-pyrrole nitrogens is 1. The number of imide groups is 1. The number of fused-ring (bicyclic) bond motifs is 1. The summed E-state index contributed by atoms with van der Waals surface area (Å²) in [7, 11) is 0. The molecule has 1 aromatic carbocycles. The van der Waals surface area contributed by atoms with Crippen molar-refractivity contribution >= 4 is 17.5 Å². The number of aromatic nitrogens is 2. The Morgan fingerprint density at radius 3 is 2.90 bits per heavy atom. The zero-order chi connectivity index (χ0) is 14.8. The number of rotatable bonds is 2. The zero-order valence-corrected chi connectivity index (χ0v) is 11.2. The molecule has 0 saturated carbocycles. The van der Waals surface area contributed by atoms with Crippen molar-refractivity contribution in [2.75, 3.05) is 12.3 Å². The minimum atomic E-state index is -0.564. The lowest BCUT2D eigenvalue weighted by molar-refractivity contribution is 0.0837. The Bertz CT molecular complexity index is 708. The van der Waals surface area contributed by atoms with E-state index in [1.165, 1.54) is 0 Å². The van der Waals surface area contributed by atoms with Crippen LogP contribution in [0.15, 0.2) is 24.3 Å². The molecule has 2 amide bonds. The molecule has 7 nitrogen and oxygen atoms in total. The quantitative estimate of drug-likeness (QED) is 0.554. The molecule has 3 rings (SSSR count). The minimum Gasteiger partial charge on any atom is -0.398 e. The van der Waals surface area contributed by atoms with Gasteiger partial charge in [0.2, 0.25) is 0 Å². The first-order chi connectivity index (χ1) is 10.2. The first kappa shape index (κ1) is 13.3. The lowest BCUT2D eigenvalue weighted by Gasteiger charge is -2.12. The van der Waals surface area contributed by atoms with Crippen molar-refractivity contribution in [3.05, 3.63) is 46.8 Å². The van der Waals surface area contributed by atoms with E-state index in [-0.39, 0.29) is 11.3 Å². The summed E-state index contributed by atoms with van der Waals surface area (Å²) >= 11 is 0. The van der Waals surface area contributed by atoms with E-state index in [0.29, 0.717) is 30.9 Å². The number of hydrogen-bond donors (Lipinski definition) is 3. The molecule has 21 heavy (non-hydrogen) atoms. The van der Waals surface area contributed by atoms with E-state index >= 15 is 0 Å². The summed E-state index contributed by atoms with van der Waals surface area (Å²) in [5, 5.41) is 9.06. The number of para-hydroxylation sites is 1. The van der Waals surface area contributed by atoms with Gasteiger partial charge in [-0.1, -0.05) is 12.1 Å². The molecule has 1 aromatic heterocycles. The number of nitrogen functional groups attached to an aromatic ring is 1. The third-order valence-corrected chi connectivity index (χ3v) is 3.34. The standard InChI is InChI=1S/C14H14N4O3/c15-10-4-2-1-3-8(10)13(19)16-14(20)12-9-7-21-6-5-11(9)17-18-12/h1-4H,5-7,15H2,(H,17,18)(H,16,19,20). The Kier molecular flexibility index (Phi) is 3.41. The highest BCUT2D eigenvalue weighted by atomic mass is 16.5. The number of anilines is 1. The average Bonchev–Trinajstić information content (AvgIpc) is 2.91. The van der Waals surface area contributed by atoms with Gasteiger partial charge in [0.25, 0.3) is 11.8 Å². The van der Waals surface area contributed by atoms with E-state index in [9.17, 15) is 9.59 Å². The molecule has 7 heteroatoms. The van der Waals surface area contributed by atoms with Crippen molar-refractivity contribution < 1.29 is 14.3 Å². The Morgan fingerprint density at radius 2 is 2.10 bits per heavy atom. The molecule has 1 aliphatic rings. The smallest absolute Gasteiger partial charge is 0.278 e. The largest absolute Gasteiger partial charge is 0.398 e. The molecular formula is C14H14N4O3. The van der Waals surface area contributed by atoms with Gasteiger partial charge in [-0.3, -0.25) is 20.0 Å². The molecule has 0 unspecified atom stereocenters. The van der Waals surface area contributed by atoms with Crippen molar-refractivity contribution in [3.63, 3.8) is 0 Å². The first-order valence-electron chi connectivity index (χ1n) is 6.51. The highest BCUT2D eigenvalue weighted by Crippen LogP contribution is 2.18. The fraction of sp³-hybridized carbons (Fsp3) is 0.214. The second-order valence-corrected chi connectivity index (χ2v) is 4.70. The van der Waals surface area contributed by atoms with Gasteiger partial charge >= 0.3 is 0 Å². The molecule has 108 valence electrons. The Labute approximate surface area is 120 Å². The van der Waals surface area contributed by atoms with E-state index < -0.39 is 11.8 Å². The van der Waals surface area contributed by atoms with E-state index in [0.717, 1.165) is 5.69 Å². The van der Waals surface area contributed by atoms with Crippen LogP contribution in [0.2, 0.25) is 0 Å². The van der Waals surface area contributed by atoms with Gasteiger partial charge in [-0.15, -0.1) is 0 Å². The number of aromatic amines is 1. The SMILES string of the molecule is Nc1ccccc1C(=O)NC(=O)c1n[nH]c2c1COCC2. The van der Waals surface area contributed by atoms with Crippen LogP contribution in [-0.2, 0) is 17.8 Å². The van der Waals surface area contributed by atoms with Crippen molar-refractivity contribution in [2.24, 2.45) is 0 Å². The van der Waals surface area contributed by atoms with Crippen LogP contribution in [-0.4, -0.2) is 28.6 Å². The lowest BCUT2D eigenvalue weighted by atomic mass is 10.1. The predicted octanol–water partition coefficient (Wildman–Crippen LogP) is 0.635. The van der Waals surface area contributed by atoms with E-state index in [1.807, 2.05) is 0 Å². The van der Waals surface area contributed by atoms with Gasteiger partial charge in [0.05, 0.1) is 18.8 Å². The summed E-state index contributed by atoms with van der Waals surface area (Å²) in [4.78, 5) is 24.2. The zero-order valence-electron chi connectivity index (χ0n) is 11.2. The molecule has 1 aliphatic heterocycles. The van der Waals surface area contributed by atoms with Gasteiger partial charge in [0.1, 0.15) is 0 Å². The molecule has 2 heterocycles. The first-order valence-corrected chi connectivity index (χ1v) is 6.51. The predicted molar refractivity (Wildman–Crippen MR) is 74.6 cm³/mol. The van der Waals surface area contributed by atoms with Crippen LogP contribution in [0.25, 0.3) is 0 Å². The van der Waals surface area contributed by atoms with Crippen molar-refractivity contribution in [3.8, 4) is 0 Å². The summed E-state index contributed by atoms with van der Waals surface area (Å²) in [6.07, 6.45) is 0.676. The van der Waals surface area contributed by atoms with Gasteiger partial charge in [-0.05, 0) is 12.1 Å². The molecule has 0 aliphatic carbocycles. The second kappa shape index (κ2) is 5.37. The van der Waals surface area contributed by atoms with Crippen LogP contribution in [0.5, 0.6) is 0 Å². The number of ether oxygens (including phenoxy) is 1. The number of carbonyl (C=O) groups is 2. The van der Waals surface area contributed by atoms with Crippen molar-refractivity contribution in [2.45, 2.75) is 13.0 Å². The molecule has 4 N–H and O–H groups in total. The number of nitrogens with one attached hydrogen (secondary N) is 2. The molecule has 0 fully saturated rings. The summed E-state index contributed by atoms with van der Waals surface area (Å²) in [6.45, 7) is 0.909. The number of benzene rings is 1. The summed E-state index contributed by atoms with van der Waals surface area (Å²) in [6, 6.07) is 6.56. The fourth-order valence-electron chi connectivity index (χ4n) is 2.23. The highest BCUT2D eigenvalue weighted by Gasteiger charge is 2.24. The number of hydrogen-bond acceptors (Lipinski definition) is 5. The maximum atomic E-state index is 12.2. The normalized spacial score (nSPS) is 13.5. The monoisotopic (exact) mass is 286 g/mol. The van der Waals surface area contributed by atoms with Gasteiger partial charge in [-0.2, -0.15) is 5.10 Å². The maximum absolute atomic E-state index is 12.2. The Morgan fingerprint density at radius 1 is 1.29 bits per heavy atom. The van der Waals surface area contributed by atoms with Gasteiger partial charge in [0, 0.05) is 23.4 Å². The number of amides is 2. The van der Waals surface area contributed by atoms with Gasteiger partial charge < -0.3 is 10.5 Å². The van der Waals surface area contributed by atoms with Crippen LogP contribution >= 0.6 is 0 Å². The molecule has 0 saturated heterocycles. The lowest BCUT2D eigenvalue weighted by Crippen LogP contribution is -2.32. The molecule has 0 atom stereocenters. The van der Waals surface area contributed by atoms with Crippen LogP contribution in [0.4, 0.5) is 5.69 Å². The van der Waals surface area contributed by atoms with E-state index in [4.69, 9.17) is 10.5 Å². The second-order valence-electron chi connectivity index (χ2n) is 4.70. The Balaban J connectivity index is 1.79. The minimum absolute atomic E-state index is 0.188. The molecule has 0 spiro atoms. The van der Waals surface area contributed by atoms with Gasteiger partial charge in [-0.25, -0.2) is 0 Å². The molecule has 0 bridgehead atoms. The van der Waals surface area contributed by atoms with Crippen molar-refractivity contribution in [1.82, 2.24) is 15.5 Å². The van der Waals surface area contributed by atoms with Crippen LogP contribution in [0, 0.1) is 0 Å². The van der Waals surface area contributed by atoms with Crippen molar-refractivity contribution in [1.29, 1.82) is 0 Å².